The van der Waals surface area contributed by atoms with Gasteiger partial charge in [-0.05, 0) is 67.1 Å². The summed E-state index contributed by atoms with van der Waals surface area (Å²) in [6.45, 7) is 0. The molecule has 0 bridgehead atoms. The Bertz CT molecular complexity index is 767. The van der Waals surface area contributed by atoms with E-state index in [-0.39, 0.29) is 0 Å². The van der Waals surface area contributed by atoms with Gasteiger partial charge in [-0.2, -0.15) is 13.2 Å². The van der Waals surface area contributed by atoms with Crippen molar-refractivity contribution >= 4 is 17.2 Å². The Balaban J connectivity index is 1.94. The minimum Gasteiger partial charge on any atom is -0.497 e. The van der Waals surface area contributed by atoms with Crippen molar-refractivity contribution < 1.29 is 17.9 Å². The van der Waals surface area contributed by atoms with Crippen LogP contribution in [0.25, 0.3) is 0 Å². The molecule has 1 aliphatic carbocycles. The number of aliphatic imine (C=N–C) groups is 1. The predicted octanol–water partition coefficient (Wildman–Crippen LogP) is 5.28. The molecule has 1 N–H and O–H groups in total. The largest absolute Gasteiger partial charge is 0.497 e. The number of anilines is 1. The summed E-state index contributed by atoms with van der Waals surface area (Å²) in [5, 5.41) is 2.39. The first-order chi connectivity index (χ1) is 12.0. The van der Waals surface area contributed by atoms with Gasteiger partial charge in [0.25, 0.3) is 0 Å². The van der Waals surface area contributed by atoms with Gasteiger partial charge in [-0.1, -0.05) is 12.1 Å². The number of benzene rings is 2. The van der Waals surface area contributed by atoms with Crippen molar-refractivity contribution in [2.75, 3.05) is 12.4 Å². The highest BCUT2D eigenvalue weighted by Crippen LogP contribution is 2.32. The highest BCUT2D eigenvalue weighted by Gasteiger charge is 2.36. The van der Waals surface area contributed by atoms with E-state index in [1.165, 1.54) is 19.2 Å². The molecule has 0 aliphatic heterocycles. The molecule has 0 aromatic heterocycles. The maximum absolute atomic E-state index is 13.5. The lowest BCUT2D eigenvalue weighted by Gasteiger charge is -2.19. The van der Waals surface area contributed by atoms with Crippen LogP contribution in [-0.4, -0.2) is 19.1 Å². The number of amidine groups is 1. The van der Waals surface area contributed by atoms with Crippen molar-refractivity contribution in [1.82, 2.24) is 0 Å². The maximum Gasteiger partial charge on any atom is 0.449 e. The van der Waals surface area contributed by atoms with Crippen molar-refractivity contribution in [3.05, 3.63) is 53.6 Å². The van der Waals surface area contributed by atoms with Crippen LogP contribution in [0.4, 0.5) is 24.5 Å². The number of hydrogen-bond acceptors (Lipinski definition) is 2. The second kappa shape index (κ2) is 7.17. The van der Waals surface area contributed by atoms with Crippen LogP contribution in [0.5, 0.6) is 5.75 Å². The topological polar surface area (TPSA) is 33.6 Å². The molecule has 25 heavy (non-hydrogen) atoms. The summed E-state index contributed by atoms with van der Waals surface area (Å²) in [6.07, 6.45) is -0.866. The van der Waals surface area contributed by atoms with Gasteiger partial charge in [0.15, 0.2) is 0 Å². The number of nitrogens with one attached hydrogen (secondary N) is 1. The molecule has 2 aromatic carbocycles. The van der Waals surface area contributed by atoms with Crippen molar-refractivity contribution in [3.8, 4) is 5.75 Å². The number of alkyl halides is 3. The van der Waals surface area contributed by atoms with Gasteiger partial charge >= 0.3 is 6.18 Å². The molecule has 0 radical (unpaired) electrons. The third-order valence-corrected chi connectivity index (χ3v) is 4.22. The lowest BCUT2D eigenvalue weighted by molar-refractivity contribution is -0.0586. The van der Waals surface area contributed by atoms with Gasteiger partial charge < -0.3 is 10.1 Å². The summed E-state index contributed by atoms with van der Waals surface area (Å²) < 4.78 is 45.4. The lowest BCUT2D eigenvalue weighted by Crippen LogP contribution is -2.30. The van der Waals surface area contributed by atoms with Gasteiger partial charge in [0.2, 0.25) is 5.84 Å². The van der Waals surface area contributed by atoms with Crippen molar-refractivity contribution in [2.45, 2.75) is 31.9 Å². The SMILES string of the molecule is COc1ccc(NC(=Nc2cccc3c2CCCC3)C(F)(F)F)cc1. The Kier molecular flexibility index (Phi) is 4.97. The lowest BCUT2D eigenvalue weighted by atomic mass is 9.90. The Morgan fingerprint density at radius 3 is 2.44 bits per heavy atom. The molecule has 0 amide bonds. The Labute approximate surface area is 144 Å². The smallest absolute Gasteiger partial charge is 0.449 e. The Morgan fingerprint density at radius 1 is 1.04 bits per heavy atom. The third-order valence-electron chi connectivity index (χ3n) is 4.22. The van der Waals surface area contributed by atoms with Gasteiger partial charge in [-0.25, -0.2) is 4.99 Å². The van der Waals surface area contributed by atoms with E-state index < -0.39 is 12.0 Å². The number of rotatable bonds is 3. The zero-order chi connectivity index (χ0) is 17.9. The number of ether oxygens (including phenoxy) is 1. The van der Waals surface area contributed by atoms with Gasteiger partial charge in [-0.15, -0.1) is 0 Å². The van der Waals surface area contributed by atoms with Crippen LogP contribution >= 0.6 is 0 Å². The molecule has 0 atom stereocenters. The molecule has 0 saturated heterocycles. The van der Waals surface area contributed by atoms with Crippen LogP contribution in [-0.2, 0) is 12.8 Å². The van der Waals surface area contributed by atoms with Crippen LogP contribution < -0.4 is 10.1 Å². The highest BCUT2D eigenvalue weighted by atomic mass is 19.4. The molecule has 1 aliphatic rings. The molecule has 0 spiro atoms. The van der Waals surface area contributed by atoms with Crippen LogP contribution in [0.15, 0.2) is 47.5 Å². The molecule has 2 aromatic rings. The van der Waals surface area contributed by atoms with E-state index in [4.69, 9.17) is 4.74 Å². The van der Waals surface area contributed by atoms with Gasteiger partial charge in [0.1, 0.15) is 5.75 Å². The van der Waals surface area contributed by atoms with E-state index in [0.717, 1.165) is 36.8 Å². The molecular formula is C19H19F3N2O. The average molecular weight is 348 g/mol. The number of fused-ring (bicyclic) bond motifs is 1. The summed E-state index contributed by atoms with van der Waals surface area (Å²) in [5.74, 6) is -0.440. The minimum absolute atomic E-state index is 0.307. The van der Waals surface area contributed by atoms with E-state index in [0.29, 0.717) is 17.1 Å². The fourth-order valence-electron chi connectivity index (χ4n) is 2.96. The van der Waals surface area contributed by atoms with Crippen LogP contribution in [0, 0.1) is 0 Å². The Hall–Kier alpha value is -2.50. The van der Waals surface area contributed by atoms with E-state index in [1.807, 2.05) is 6.07 Å². The first-order valence-corrected chi connectivity index (χ1v) is 8.15. The molecular weight excluding hydrogens is 329 g/mol. The molecule has 132 valence electrons. The van der Waals surface area contributed by atoms with E-state index >= 15 is 0 Å². The molecule has 0 heterocycles. The van der Waals surface area contributed by atoms with Crippen molar-refractivity contribution in [3.63, 3.8) is 0 Å². The summed E-state index contributed by atoms with van der Waals surface area (Å²) in [7, 11) is 1.50. The standard InChI is InChI=1S/C19H19F3N2O/c1-25-15-11-9-14(10-12-15)23-18(19(20,21)22)24-17-8-4-6-13-5-2-3-7-16(13)17/h4,6,8-12H,2-3,5,7H2,1H3,(H,23,24). The quantitative estimate of drug-likeness (QED) is 0.605. The van der Waals surface area contributed by atoms with Crippen LogP contribution in [0.3, 0.4) is 0 Å². The van der Waals surface area contributed by atoms with E-state index in [9.17, 15) is 13.2 Å². The molecule has 3 rings (SSSR count). The molecule has 3 nitrogen and oxygen atoms in total. The zero-order valence-electron chi connectivity index (χ0n) is 13.9. The minimum atomic E-state index is -4.57. The summed E-state index contributed by atoms with van der Waals surface area (Å²) in [4.78, 5) is 3.93. The molecule has 0 saturated carbocycles. The third kappa shape index (κ3) is 4.13. The predicted molar refractivity (Wildman–Crippen MR) is 92.9 cm³/mol. The summed E-state index contributed by atoms with van der Waals surface area (Å²) in [6, 6.07) is 11.6. The van der Waals surface area contributed by atoms with Crippen LogP contribution in [0.2, 0.25) is 0 Å². The van der Waals surface area contributed by atoms with E-state index in [1.54, 1.807) is 24.3 Å². The second-order valence-electron chi connectivity index (χ2n) is 5.93. The fourth-order valence-corrected chi connectivity index (χ4v) is 2.96. The molecule has 0 unspecified atom stereocenters. The van der Waals surface area contributed by atoms with Gasteiger partial charge in [0, 0.05) is 5.69 Å². The molecule has 0 fully saturated rings. The highest BCUT2D eigenvalue weighted by molar-refractivity contribution is 6.01. The van der Waals surface area contributed by atoms with Crippen molar-refractivity contribution in [1.29, 1.82) is 0 Å². The number of methoxy groups -OCH3 is 1. The normalized spacial score (nSPS) is 14.8. The average Bonchev–Trinajstić information content (AvgIpc) is 2.61. The van der Waals surface area contributed by atoms with Crippen molar-refractivity contribution in [2.24, 2.45) is 4.99 Å². The number of nitrogens with zero attached hydrogens (tertiary/aromatic N) is 1. The first kappa shape index (κ1) is 17.3. The monoisotopic (exact) mass is 348 g/mol. The summed E-state index contributed by atoms with van der Waals surface area (Å²) >= 11 is 0. The zero-order valence-corrected chi connectivity index (χ0v) is 13.9. The van der Waals surface area contributed by atoms with Gasteiger partial charge in [0.05, 0.1) is 12.8 Å². The maximum atomic E-state index is 13.5. The molecule has 6 heteroatoms. The summed E-state index contributed by atoms with van der Waals surface area (Å²) in [5.41, 5.74) is 2.72. The van der Waals surface area contributed by atoms with Crippen LogP contribution in [0.1, 0.15) is 24.0 Å². The number of aryl methyl sites for hydroxylation is 1. The number of hydrogen-bond donors (Lipinski definition) is 1. The number of halogens is 3. The fraction of sp³-hybridized carbons (Fsp3) is 0.316. The Morgan fingerprint density at radius 2 is 1.76 bits per heavy atom. The van der Waals surface area contributed by atoms with E-state index in [2.05, 4.69) is 10.3 Å². The first-order valence-electron chi connectivity index (χ1n) is 8.15. The van der Waals surface area contributed by atoms with Gasteiger partial charge in [-0.3, -0.25) is 0 Å². The second-order valence-corrected chi connectivity index (χ2v) is 5.93.